The Morgan fingerprint density at radius 1 is 1.46 bits per heavy atom. The maximum absolute atomic E-state index is 15.3. The van der Waals surface area contributed by atoms with Gasteiger partial charge in [-0.1, -0.05) is 38.5 Å². The lowest BCUT2D eigenvalue weighted by Crippen LogP contribution is -2.37. The van der Waals surface area contributed by atoms with Gasteiger partial charge in [0.1, 0.15) is 11.6 Å². The van der Waals surface area contributed by atoms with Crippen molar-refractivity contribution in [3.8, 4) is 0 Å². The summed E-state index contributed by atoms with van der Waals surface area (Å²) >= 11 is 0. The normalized spacial score (nSPS) is 24.3. The molecule has 0 spiro atoms. The van der Waals surface area contributed by atoms with E-state index in [0.717, 1.165) is 5.01 Å². The standard InChI is InChI=1S/C18H25F2N3O/c1-6-11(2)18(4,20)13-9-7-8-10-14(13)21-17(24)15-12(3)22-23(5)16(15)19/h7-11,15-16H,6H2,1-5H3,(H,21,24). The molecule has 1 aliphatic rings. The Bertz CT molecular complexity index is 645. The molecule has 1 heterocycles. The molecule has 1 amide bonds. The number of alkyl halides is 2. The Labute approximate surface area is 141 Å². The number of hydrogen-bond donors (Lipinski definition) is 1. The molecule has 4 nitrogen and oxygen atoms in total. The average molecular weight is 337 g/mol. The van der Waals surface area contributed by atoms with Crippen molar-refractivity contribution in [1.29, 1.82) is 0 Å². The molecule has 6 heteroatoms. The van der Waals surface area contributed by atoms with Crippen molar-refractivity contribution < 1.29 is 13.6 Å². The van der Waals surface area contributed by atoms with E-state index in [1.807, 2.05) is 13.8 Å². The summed E-state index contributed by atoms with van der Waals surface area (Å²) < 4.78 is 29.4. The summed E-state index contributed by atoms with van der Waals surface area (Å²) in [7, 11) is 1.48. The van der Waals surface area contributed by atoms with Gasteiger partial charge in [-0.05, 0) is 25.8 Å². The average Bonchev–Trinajstić information content (AvgIpc) is 2.79. The Hall–Kier alpha value is -1.98. The fraction of sp³-hybridized carbons (Fsp3) is 0.556. The minimum atomic E-state index is -1.59. The SMILES string of the molecule is CCC(C)C(C)(F)c1ccccc1NC(=O)C1C(C)=NN(C)C1F. The summed E-state index contributed by atoms with van der Waals surface area (Å²) in [6.07, 6.45) is -0.843. The molecular formula is C18H25F2N3O. The molecule has 4 unspecified atom stereocenters. The summed E-state index contributed by atoms with van der Waals surface area (Å²) in [5, 5.41) is 7.79. The highest BCUT2D eigenvalue weighted by molar-refractivity contribution is 6.09. The van der Waals surface area contributed by atoms with Gasteiger partial charge < -0.3 is 5.32 Å². The molecular weight excluding hydrogens is 312 g/mol. The van der Waals surface area contributed by atoms with Crippen LogP contribution in [0, 0.1) is 11.8 Å². The largest absolute Gasteiger partial charge is 0.325 e. The third-order valence-corrected chi connectivity index (χ3v) is 4.93. The van der Waals surface area contributed by atoms with Crippen molar-refractivity contribution in [1.82, 2.24) is 5.01 Å². The monoisotopic (exact) mass is 337 g/mol. The Morgan fingerprint density at radius 3 is 2.62 bits per heavy atom. The van der Waals surface area contributed by atoms with Crippen LogP contribution in [-0.2, 0) is 10.5 Å². The lowest BCUT2D eigenvalue weighted by molar-refractivity contribution is -0.120. The van der Waals surface area contributed by atoms with Crippen molar-refractivity contribution >= 4 is 17.3 Å². The number of hydrogen-bond acceptors (Lipinski definition) is 3. The molecule has 0 saturated heterocycles. The molecule has 1 aliphatic heterocycles. The van der Waals surface area contributed by atoms with Crippen molar-refractivity contribution in [3.05, 3.63) is 29.8 Å². The number of para-hydroxylation sites is 1. The van der Waals surface area contributed by atoms with Crippen LogP contribution in [0.3, 0.4) is 0 Å². The minimum Gasteiger partial charge on any atom is -0.325 e. The third-order valence-electron chi connectivity index (χ3n) is 4.93. The number of benzene rings is 1. The van der Waals surface area contributed by atoms with Gasteiger partial charge in [0.2, 0.25) is 12.2 Å². The van der Waals surface area contributed by atoms with Crippen LogP contribution in [0.2, 0.25) is 0 Å². The van der Waals surface area contributed by atoms with Crippen LogP contribution in [0.15, 0.2) is 29.4 Å². The smallest absolute Gasteiger partial charge is 0.238 e. The van der Waals surface area contributed by atoms with E-state index in [0.29, 0.717) is 23.4 Å². The van der Waals surface area contributed by atoms with E-state index < -0.39 is 23.8 Å². The zero-order valence-electron chi connectivity index (χ0n) is 14.8. The van der Waals surface area contributed by atoms with Crippen LogP contribution < -0.4 is 5.32 Å². The van der Waals surface area contributed by atoms with Gasteiger partial charge in [-0.25, -0.2) is 8.78 Å². The van der Waals surface area contributed by atoms with Gasteiger partial charge in [-0.2, -0.15) is 5.10 Å². The maximum Gasteiger partial charge on any atom is 0.238 e. The van der Waals surface area contributed by atoms with Gasteiger partial charge >= 0.3 is 0 Å². The maximum atomic E-state index is 15.3. The fourth-order valence-electron chi connectivity index (χ4n) is 2.97. The molecule has 0 aliphatic carbocycles. The Balaban J connectivity index is 2.29. The fourth-order valence-corrected chi connectivity index (χ4v) is 2.97. The predicted octanol–water partition coefficient (Wildman–Crippen LogP) is 4.09. The molecule has 4 atom stereocenters. The number of anilines is 1. The van der Waals surface area contributed by atoms with Gasteiger partial charge in [0, 0.05) is 18.3 Å². The van der Waals surface area contributed by atoms with Crippen molar-refractivity contribution in [2.45, 2.75) is 46.1 Å². The summed E-state index contributed by atoms with van der Waals surface area (Å²) in [6, 6.07) is 6.77. The summed E-state index contributed by atoms with van der Waals surface area (Å²) in [4.78, 5) is 12.5. The van der Waals surface area contributed by atoms with Crippen LogP contribution in [0.1, 0.15) is 39.7 Å². The van der Waals surface area contributed by atoms with Crippen LogP contribution in [0.5, 0.6) is 0 Å². The molecule has 132 valence electrons. The summed E-state index contributed by atoms with van der Waals surface area (Å²) in [5.41, 5.74) is -0.403. The van der Waals surface area contributed by atoms with Crippen LogP contribution in [0.25, 0.3) is 0 Å². The highest BCUT2D eigenvalue weighted by Crippen LogP contribution is 2.39. The first-order valence-electron chi connectivity index (χ1n) is 8.21. The van der Waals surface area contributed by atoms with Gasteiger partial charge in [0.25, 0.3) is 0 Å². The second kappa shape index (κ2) is 6.87. The van der Waals surface area contributed by atoms with Gasteiger partial charge in [0.05, 0.1) is 5.71 Å². The zero-order chi connectivity index (χ0) is 18.1. The van der Waals surface area contributed by atoms with E-state index in [1.165, 1.54) is 14.0 Å². The Kier molecular flexibility index (Phi) is 5.26. The van der Waals surface area contributed by atoms with Crippen molar-refractivity contribution in [2.75, 3.05) is 12.4 Å². The number of hydrazone groups is 1. The van der Waals surface area contributed by atoms with E-state index >= 15 is 4.39 Å². The molecule has 0 bridgehead atoms. The molecule has 0 aromatic heterocycles. The van der Waals surface area contributed by atoms with E-state index in [9.17, 15) is 9.18 Å². The topological polar surface area (TPSA) is 44.7 Å². The number of nitrogens with zero attached hydrogens (tertiary/aromatic N) is 2. The first-order chi connectivity index (χ1) is 11.2. The second-order valence-corrected chi connectivity index (χ2v) is 6.59. The van der Waals surface area contributed by atoms with Crippen LogP contribution in [-0.4, -0.2) is 30.0 Å². The number of rotatable bonds is 5. The molecule has 1 N–H and O–H groups in total. The predicted molar refractivity (Wildman–Crippen MR) is 92.2 cm³/mol. The highest BCUT2D eigenvalue weighted by atomic mass is 19.1. The number of nitrogens with one attached hydrogen (secondary N) is 1. The molecule has 1 aromatic carbocycles. The first kappa shape index (κ1) is 18.4. The molecule has 0 fully saturated rings. The first-order valence-corrected chi connectivity index (χ1v) is 8.21. The van der Waals surface area contributed by atoms with Gasteiger partial charge in [-0.3, -0.25) is 9.80 Å². The number of carbonyl (C=O) groups excluding carboxylic acids is 1. The molecule has 2 rings (SSSR count). The summed E-state index contributed by atoms with van der Waals surface area (Å²) in [6.45, 7) is 6.88. The van der Waals surface area contributed by atoms with Crippen LogP contribution in [0.4, 0.5) is 14.5 Å². The lowest BCUT2D eigenvalue weighted by atomic mass is 9.83. The van der Waals surface area contributed by atoms with Crippen molar-refractivity contribution in [2.24, 2.45) is 16.9 Å². The minimum absolute atomic E-state index is 0.217. The van der Waals surface area contributed by atoms with Crippen LogP contribution >= 0.6 is 0 Å². The van der Waals surface area contributed by atoms with Gasteiger partial charge in [0.15, 0.2) is 0 Å². The van der Waals surface area contributed by atoms with E-state index in [2.05, 4.69) is 10.4 Å². The highest BCUT2D eigenvalue weighted by Gasteiger charge is 2.40. The molecule has 0 saturated carbocycles. The van der Waals surface area contributed by atoms with E-state index in [4.69, 9.17) is 0 Å². The molecule has 1 aromatic rings. The summed E-state index contributed by atoms with van der Waals surface area (Å²) in [5.74, 6) is -1.72. The van der Waals surface area contributed by atoms with Crippen molar-refractivity contribution in [3.63, 3.8) is 0 Å². The second-order valence-electron chi connectivity index (χ2n) is 6.59. The zero-order valence-corrected chi connectivity index (χ0v) is 14.8. The van der Waals surface area contributed by atoms with E-state index in [-0.39, 0.29) is 5.92 Å². The molecule has 0 radical (unpaired) electrons. The number of carbonyl (C=O) groups is 1. The third kappa shape index (κ3) is 3.28. The quantitative estimate of drug-likeness (QED) is 0.823. The Morgan fingerprint density at radius 2 is 2.08 bits per heavy atom. The number of amides is 1. The number of halogens is 2. The van der Waals surface area contributed by atoms with Gasteiger partial charge in [-0.15, -0.1) is 0 Å². The molecule has 24 heavy (non-hydrogen) atoms. The lowest BCUT2D eigenvalue weighted by Gasteiger charge is -2.29. The van der Waals surface area contributed by atoms with E-state index in [1.54, 1.807) is 31.2 Å².